The first-order chi connectivity index (χ1) is 9.24. The minimum absolute atomic E-state index is 0.0997. The van der Waals surface area contributed by atoms with E-state index in [1.165, 1.54) is 24.0 Å². The number of carbonyl (C=O) groups is 1. The minimum atomic E-state index is 0.0997. The third kappa shape index (κ3) is 3.57. The lowest BCUT2D eigenvalue weighted by Crippen LogP contribution is -2.33. The van der Waals surface area contributed by atoms with E-state index in [-0.39, 0.29) is 5.91 Å². The predicted molar refractivity (Wildman–Crippen MR) is 79.5 cm³/mol. The van der Waals surface area contributed by atoms with Crippen molar-refractivity contribution in [1.82, 2.24) is 4.90 Å². The number of anilines is 1. The van der Waals surface area contributed by atoms with E-state index in [2.05, 4.69) is 36.2 Å². The topological polar surface area (TPSA) is 32.3 Å². The molecule has 0 bridgehead atoms. The van der Waals surface area contributed by atoms with Crippen molar-refractivity contribution in [1.29, 1.82) is 0 Å². The van der Waals surface area contributed by atoms with E-state index in [1.54, 1.807) is 0 Å². The monoisotopic (exact) mass is 260 g/mol. The second-order valence-corrected chi connectivity index (χ2v) is 5.16. The summed E-state index contributed by atoms with van der Waals surface area (Å²) in [7, 11) is 0. The summed E-state index contributed by atoms with van der Waals surface area (Å²) < 4.78 is 0. The quantitative estimate of drug-likeness (QED) is 0.883. The lowest BCUT2D eigenvalue weighted by atomic mass is 9.90. The number of benzene rings is 1. The molecule has 0 saturated heterocycles. The molecular formula is C16H24N2O. The van der Waals surface area contributed by atoms with Crippen LogP contribution in [0.2, 0.25) is 0 Å². The second-order valence-electron chi connectivity index (χ2n) is 5.16. The number of likely N-dealkylation sites (N-methyl/N-ethyl adjacent to an activating group) is 1. The Bertz CT molecular complexity index is 438. The summed E-state index contributed by atoms with van der Waals surface area (Å²) in [5, 5.41) is 3.09. The predicted octanol–water partition coefficient (Wildman–Crippen LogP) is 2.85. The van der Waals surface area contributed by atoms with Gasteiger partial charge >= 0.3 is 0 Å². The van der Waals surface area contributed by atoms with Crippen molar-refractivity contribution in [3.8, 4) is 0 Å². The van der Waals surface area contributed by atoms with Crippen molar-refractivity contribution in [3.05, 3.63) is 29.3 Å². The molecule has 19 heavy (non-hydrogen) atoms. The standard InChI is InChI=1S/C16H24N2O/c1-3-18(4-2)12-16(19)17-15-11-7-9-13-8-5-6-10-14(13)15/h7,9,11H,3-6,8,10,12H2,1-2H3,(H,17,19). The number of nitrogens with one attached hydrogen (secondary N) is 1. The van der Waals surface area contributed by atoms with Crippen molar-refractivity contribution in [2.45, 2.75) is 39.5 Å². The van der Waals surface area contributed by atoms with Crippen molar-refractivity contribution < 1.29 is 4.79 Å². The number of rotatable bonds is 5. The summed E-state index contributed by atoms with van der Waals surface area (Å²) in [6, 6.07) is 6.27. The first-order valence-corrected chi connectivity index (χ1v) is 7.37. The van der Waals surface area contributed by atoms with Gasteiger partial charge in [0.25, 0.3) is 0 Å². The van der Waals surface area contributed by atoms with Crippen molar-refractivity contribution >= 4 is 11.6 Å². The molecule has 104 valence electrons. The first kappa shape index (κ1) is 14.1. The highest BCUT2D eigenvalue weighted by molar-refractivity contribution is 5.93. The van der Waals surface area contributed by atoms with Gasteiger partial charge < -0.3 is 5.32 Å². The highest BCUT2D eigenvalue weighted by Gasteiger charge is 2.15. The fourth-order valence-electron chi connectivity index (χ4n) is 2.74. The third-order valence-electron chi connectivity index (χ3n) is 3.93. The molecule has 0 saturated carbocycles. The van der Waals surface area contributed by atoms with Crippen LogP contribution in [-0.4, -0.2) is 30.4 Å². The zero-order chi connectivity index (χ0) is 13.7. The lowest BCUT2D eigenvalue weighted by Gasteiger charge is -2.21. The van der Waals surface area contributed by atoms with Gasteiger partial charge in [0, 0.05) is 5.69 Å². The molecule has 2 rings (SSSR count). The molecule has 1 aromatic carbocycles. The average molecular weight is 260 g/mol. The molecule has 1 aromatic rings. The molecule has 0 spiro atoms. The number of nitrogens with zero attached hydrogens (tertiary/aromatic N) is 1. The van der Waals surface area contributed by atoms with Gasteiger partial charge in [0.15, 0.2) is 0 Å². The van der Waals surface area contributed by atoms with E-state index in [4.69, 9.17) is 0 Å². The maximum Gasteiger partial charge on any atom is 0.238 e. The largest absolute Gasteiger partial charge is 0.325 e. The van der Waals surface area contributed by atoms with Crippen LogP contribution in [0.15, 0.2) is 18.2 Å². The molecule has 0 aromatic heterocycles. The molecule has 0 atom stereocenters. The Balaban J connectivity index is 2.05. The van der Waals surface area contributed by atoms with E-state index in [1.807, 2.05) is 6.07 Å². The number of amides is 1. The Hall–Kier alpha value is -1.35. The van der Waals surface area contributed by atoms with Crippen LogP contribution in [0.4, 0.5) is 5.69 Å². The van der Waals surface area contributed by atoms with Crippen molar-refractivity contribution in [2.75, 3.05) is 25.0 Å². The Kier molecular flexibility index (Phi) is 4.97. The fraction of sp³-hybridized carbons (Fsp3) is 0.562. The van der Waals surface area contributed by atoms with Crippen LogP contribution < -0.4 is 5.32 Å². The first-order valence-electron chi connectivity index (χ1n) is 7.37. The number of aryl methyl sites for hydroxylation is 1. The second kappa shape index (κ2) is 6.71. The third-order valence-corrected chi connectivity index (χ3v) is 3.93. The van der Waals surface area contributed by atoms with Crippen LogP contribution in [0.3, 0.4) is 0 Å². The van der Waals surface area contributed by atoms with Gasteiger partial charge in [-0.15, -0.1) is 0 Å². The van der Waals surface area contributed by atoms with Gasteiger partial charge in [0.05, 0.1) is 6.54 Å². The van der Waals surface area contributed by atoms with Gasteiger partial charge in [-0.25, -0.2) is 0 Å². The maximum absolute atomic E-state index is 12.1. The molecule has 1 N–H and O–H groups in total. The van der Waals surface area contributed by atoms with Gasteiger partial charge in [-0.05, 0) is 56.0 Å². The Morgan fingerprint density at radius 1 is 1.21 bits per heavy atom. The molecule has 1 aliphatic carbocycles. The molecule has 0 heterocycles. The number of carbonyl (C=O) groups excluding carboxylic acids is 1. The van der Waals surface area contributed by atoms with E-state index in [9.17, 15) is 4.79 Å². The zero-order valence-electron chi connectivity index (χ0n) is 12.0. The van der Waals surface area contributed by atoms with E-state index in [0.29, 0.717) is 6.54 Å². The molecule has 0 aliphatic heterocycles. The molecular weight excluding hydrogens is 236 g/mol. The average Bonchev–Trinajstić information content (AvgIpc) is 2.45. The van der Waals surface area contributed by atoms with Crippen LogP contribution in [0.1, 0.15) is 37.8 Å². The molecule has 1 aliphatic rings. The van der Waals surface area contributed by atoms with Crippen LogP contribution >= 0.6 is 0 Å². The van der Waals surface area contributed by atoms with E-state index >= 15 is 0 Å². The summed E-state index contributed by atoms with van der Waals surface area (Å²) in [6.07, 6.45) is 4.74. The van der Waals surface area contributed by atoms with Crippen LogP contribution in [-0.2, 0) is 17.6 Å². The van der Waals surface area contributed by atoms with Gasteiger partial charge in [-0.1, -0.05) is 26.0 Å². The number of fused-ring (bicyclic) bond motifs is 1. The molecule has 0 radical (unpaired) electrons. The van der Waals surface area contributed by atoms with Crippen LogP contribution in [0, 0.1) is 0 Å². The van der Waals surface area contributed by atoms with E-state index in [0.717, 1.165) is 31.6 Å². The summed E-state index contributed by atoms with van der Waals surface area (Å²) in [5.74, 6) is 0.0997. The minimum Gasteiger partial charge on any atom is -0.325 e. The lowest BCUT2D eigenvalue weighted by molar-refractivity contribution is -0.117. The van der Waals surface area contributed by atoms with Crippen LogP contribution in [0.25, 0.3) is 0 Å². The molecule has 3 heteroatoms. The fourth-order valence-corrected chi connectivity index (χ4v) is 2.74. The van der Waals surface area contributed by atoms with Crippen LogP contribution in [0.5, 0.6) is 0 Å². The van der Waals surface area contributed by atoms with Crippen molar-refractivity contribution in [2.24, 2.45) is 0 Å². The summed E-state index contributed by atoms with van der Waals surface area (Å²) in [5.41, 5.74) is 3.78. The molecule has 3 nitrogen and oxygen atoms in total. The van der Waals surface area contributed by atoms with Gasteiger partial charge in [-0.2, -0.15) is 0 Å². The SMILES string of the molecule is CCN(CC)CC(=O)Nc1cccc2c1CCCC2. The van der Waals surface area contributed by atoms with Gasteiger partial charge in [0.1, 0.15) is 0 Å². The summed E-state index contributed by atoms with van der Waals surface area (Å²) in [6.45, 7) is 6.48. The zero-order valence-corrected chi connectivity index (χ0v) is 12.0. The molecule has 0 unspecified atom stereocenters. The number of hydrogen-bond acceptors (Lipinski definition) is 2. The Morgan fingerprint density at radius 2 is 1.95 bits per heavy atom. The smallest absolute Gasteiger partial charge is 0.238 e. The maximum atomic E-state index is 12.1. The molecule has 0 fully saturated rings. The number of hydrogen-bond donors (Lipinski definition) is 1. The Morgan fingerprint density at radius 3 is 2.68 bits per heavy atom. The summed E-state index contributed by atoms with van der Waals surface area (Å²) in [4.78, 5) is 14.2. The van der Waals surface area contributed by atoms with E-state index < -0.39 is 0 Å². The van der Waals surface area contributed by atoms with Gasteiger partial charge in [-0.3, -0.25) is 9.69 Å². The molecule has 1 amide bonds. The highest BCUT2D eigenvalue weighted by Crippen LogP contribution is 2.27. The Labute approximate surface area is 116 Å². The summed E-state index contributed by atoms with van der Waals surface area (Å²) >= 11 is 0. The van der Waals surface area contributed by atoms with Crippen molar-refractivity contribution in [3.63, 3.8) is 0 Å². The highest BCUT2D eigenvalue weighted by atomic mass is 16.2. The normalized spacial score (nSPS) is 14.3. The van der Waals surface area contributed by atoms with Gasteiger partial charge in [0.2, 0.25) is 5.91 Å².